The number of benzene rings is 3. The lowest BCUT2D eigenvalue weighted by molar-refractivity contribution is -0.117. The van der Waals surface area contributed by atoms with Gasteiger partial charge in [-0.15, -0.1) is 0 Å². The van der Waals surface area contributed by atoms with Crippen molar-refractivity contribution in [2.24, 2.45) is 28.6 Å². The van der Waals surface area contributed by atoms with Crippen molar-refractivity contribution in [2.45, 2.75) is 110 Å². The molecule has 7 atom stereocenters. The molecular weight excluding hydrogens is 673 g/mol. The van der Waals surface area contributed by atoms with Gasteiger partial charge in [0, 0.05) is 28.8 Å². The number of hydrogen-bond acceptors (Lipinski definition) is 5. The van der Waals surface area contributed by atoms with Crippen molar-refractivity contribution in [3.63, 3.8) is 0 Å². The van der Waals surface area contributed by atoms with Crippen LogP contribution in [0, 0.1) is 28.6 Å². The zero-order chi connectivity index (χ0) is 38.3. The average Bonchev–Trinajstić information content (AvgIpc) is 3.42. The number of fused-ring (bicyclic) bond motifs is 10. The number of aliphatic hydroxyl groups excluding tert-OH is 1. The molecule has 2 amide bonds. The molecule has 288 valence electrons. The Kier molecular flexibility index (Phi) is 10.9. The summed E-state index contributed by atoms with van der Waals surface area (Å²) in [5, 5.41) is 27.4. The van der Waals surface area contributed by atoms with E-state index >= 15 is 0 Å². The van der Waals surface area contributed by atoms with Gasteiger partial charge in [-0.3, -0.25) is 4.79 Å². The van der Waals surface area contributed by atoms with Gasteiger partial charge in [-0.1, -0.05) is 62.8 Å². The quantitative estimate of drug-likeness (QED) is 0.158. The molecule has 0 spiro atoms. The largest absolute Gasteiger partial charge is 0.497 e. The normalized spacial score (nSPS) is 30.3. The van der Waals surface area contributed by atoms with Crippen molar-refractivity contribution in [3.05, 3.63) is 107 Å². The molecule has 6 aliphatic rings. The van der Waals surface area contributed by atoms with Crippen molar-refractivity contribution >= 4 is 17.5 Å². The zero-order valence-electron chi connectivity index (χ0n) is 32.9. The maximum absolute atomic E-state index is 14.5. The van der Waals surface area contributed by atoms with Gasteiger partial charge in [-0.2, -0.15) is 0 Å². The second kappa shape index (κ2) is 15.3. The number of anilines is 1. The van der Waals surface area contributed by atoms with Crippen LogP contribution in [0.3, 0.4) is 0 Å². The molecule has 0 unspecified atom stereocenters. The highest BCUT2D eigenvalue weighted by atomic mass is 16.5. The van der Waals surface area contributed by atoms with E-state index < -0.39 is 17.1 Å². The summed E-state index contributed by atoms with van der Waals surface area (Å²) >= 11 is 0. The number of rotatable bonds is 8. The number of allylic oxidation sites excluding steroid dienone is 2. The van der Waals surface area contributed by atoms with Crippen molar-refractivity contribution in [1.82, 2.24) is 4.90 Å². The fraction of sp³-hybridized carbons (Fsp3) is 0.532. The van der Waals surface area contributed by atoms with Crippen molar-refractivity contribution in [3.8, 4) is 5.75 Å². The Morgan fingerprint density at radius 3 is 2.41 bits per heavy atom. The number of ketones is 1. The van der Waals surface area contributed by atoms with Gasteiger partial charge in [0.15, 0.2) is 5.78 Å². The Morgan fingerprint density at radius 1 is 0.944 bits per heavy atom. The van der Waals surface area contributed by atoms with Crippen LogP contribution in [0.2, 0.25) is 0 Å². The van der Waals surface area contributed by atoms with E-state index in [9.17, 15) is 19.8 Å². The van der Waals surface area contributed by atoms with Gasteiger partial charge in [0.05, 0.1) is 25.4 Å². The van der Waals surface area contributed by atoms with Crippen LogP contribution in [0.4, 0.5) is 10.5 Å². The minimum atomic E-state index is -1.20. The second-order valence-electron chi connectivity index (χ2n) is 17.9. The number of nitrogens with one attached hydrogen (secondary N) is 1. The molecule has 54 heavy (non-hydrogen) atoms. The van der Waals surface area contributed by atoms with E-state index in [-0.39, 0.29) is 29.7 Å². The summed E-state index contributed by atoms with van der Waals surface area (Å²) in [7, 11) is 1.61. The van der Waals surface area contributed by atoms with E-state index in [1.807, 2.05) is 65.6 Å². The topological polar surface area (TPSA) is 99.1 Å². The molecule has 4 fully saturated rings. The number of para-hydroxylation sites is 1. The molecule has 6 aliphatic carbocycles. The molecule has 3 N–H and O–H groups in total. The number of nitrogens with zero attached hydrogens (tertiary/aromatic N) is 1. The first-order chi connectivity index (χ1) is 25.8. The van der Waals surface area contributed by atoms with E-state index in [2.05, 4.69) is 51.2 Å². The van der Waals surface area contributed by atoms with Crippen LogP contribution in [0.5, 0.6) is 5.75 Å². The molecule has 9 rings (SSSR count). The molecule has 0 saturated heterocycles. The number of carbonyl (C=O) groups is 2. The van der Waals surface area contributed by atoms with E-state index in [1.54, 1.807) is 7.11 Å². The van der Waals surface area contributed by atoms with Crippen molar-refractivity contribution in [1.29, 1.82) is 0 Å². The minimum Gasteiger partial charge on any atom is -0.497 e. The minimum absolute atomic E-state index is 0.0767. The lowest BCUT2D eigenvalue weighted by Gasteiger charge is -2.60. The number of urea groups is 1. The van der Waals surface area contributed by atoms with Crippen molar-refractivity contribution in [2.75, 3.05) is 25.5 Å². The second-order valence-corrected chi connectivity index (χ2v) is 17.9. The maximum atomic E-state index is 14.5. The number of amides is 2. The Morgan fingerprint density at radius 2 is 1.70 bits per heavy atom. The van der Waals surface area contributed by atoms with E-state index in [0.717, 1.165) is 42.0 Å². The molecule has 0 aliphatic heterocycles. The molecule has 7 heteroatoms. The van der Waals surface area contributed by atoms with E-state index in [0.29, 0.717) is 67.4 Å². The fourth-order valence-corrected chi connectivity index (χ4v) is 10.8. The van der Waals surface area contributed by atoms with Crippen LogP contribution >= 0.6 is 0 Å². The predicted octanol–water partition coefficient (Wildman–Crippen LogP) is 9.57. The third-order valence-electron chi connectivity index (χ3n) is 14.5. The summed E-state index contributed by atoms with van der Waals surface area (Å²) in [5.74, 6) is 2.18. The fourth-order valence-electron chi connectivity index (χ4n) is 10.8. The molecule has 0 heterocycles. The number of carbonyl (C=O) groups excluding carboxylic acids is 2. The Balaban J connectivity index is 1.27. The third kappa shape index (κ3) is 7.38. The summed E-state index contributed by atoms with van der Waals surface area (Å²) in [6, 6.07) is 22.8. The average molecular weight is 733 g/mol. The number of methoxy groups -OCH3 is 1. The first-order valence-corrected chi connectivity index (χ1v) is 20.3. The van der Waals surface area contributed by atoms with Crippen LogP contribution in [0.1, 0.15) is 118 Å². The van der Waals surface area contributed by atoms with Crippen LogP contribution in [0.25, 0.3) is 0 Å². The molecule has 4 saturated carbocycles. The Labute approximate surface area is 322 Å². The van der Waals surface area contributed by atoms with Gasteiger partial charge in [0.2, 0.25) is 0 Å². The van der Waals surface area contributed by atoms with Gasteiger partial charge < -0.3 is 25.2 Å². The SMILES string of the molecule is COc1ccc(C(=O)c2cc3ccc2[C@@H]2CC[C@@](O)(CN(C[C@@H]4CC[C@H]5C[C@@H]4C5(C)C)C(=O)Nc4ccccc4)[C@@]2(C)CCC=C(C)CC[C@H](O)C3)cc1. The molecule has 0 radical (unpaired) electrons. The van der Waals surface area contributed by atoms with Crippen LogP contribution < -0.4 is 10.1 Å². The smallest absolute Gasteiger partial charge is 0.321 e. The first kappa shape index (κ1) is 38.3. The highest BCUT2D eigenvalue weighted by Gasteiger charge is 2.59. The molecule has 4 bridgehead atoms. The number of ether oxygens (including phenoxy) is 1. The Bertz CT molecular complexity index is 1850. The molecular formula is C47H60N2O5. The summed E-state index contributed by atoms with van der Waals surface area (Å²) in [6.07, 6.45) is 9.82. The van der Waals surface area contributed by atoms with Crippen molar-refractivity contribution < 1.29 is 24.5 Å². The summed E-state index contributed by atoms with van der Waals surface area (Å²) in [4.78, 5) is 30.8. The number of aliphatic hydroxyl groups is 2. The summed E-state index contributed by atoms with van der Waals surface area (Å²) < 4.78 is 5.38. The highest BCUT2D eigenvalue weighted by Crippen LogP contribution is 2.62. The lowest BCUT2D eigenvalue weighted by atomic mass is 9.45. The number of hydrogen-bond donors (Lipinski definition) is 3. The zero-order valence-corrected chi connectivity index (χ0v) is 32.9. The van der Waals surface area contributed by atoms with Gasteiger partial charge in [-0.25, -0.2) is 4.79 Å². The highest BCUT2D eigenvalue weighted by molar-refractivity contribution is 6.10. The van der Waals surface area contributed by atoms with Crippen LogP contribution in [-0.2, 0) is 6.42 Å². The van der Waals surface area contributed by atoms with Gasteiger partial charge in [-0.05, 0) is 154 Å². The lowest BCUT2D eigenvalue weighted by Crippen LogP contribution is -2.58. The van der Waals surface area contributed by atoms with E-state index in [1.165, 1.54) is 18.4 Å². The molecule has 0 aromatic heterocycles. The van der Waals surface area contributed by atoms with Gasteiger partial charge in [0.1, 0.15) is 5.75 Å². The first-order valence-electron chi connectivity index (χ1n) is 20.3. The molecule has 7 nitrogen and oxygen atoms in total. The molecule has 3 aromatic carbocycles. The summed E-state index contributed by atoms with van der Waals surface area (Å²) in [5.41, 5.74) is 3.45. The van der Waals surface area contributed by atoms with Crippen LogP contribution in [-0.4, -0.2) is 58.8 Å². The summed E-state index contributed by atoms with van der Waals surface area (Å²) in [6.45, 7) is 9.95. The van der Waals surface area contributed by atoms with Gasteiger partial charge in [0.25, 0.3) is 0 Å². The Hall–Kier alpha value is -3.94. The van der Waals surface area contributed by atoms with E-state index in [4.69, 9.17) is 4.74 Å². The standard InChI is InChI=1S/C47H60N2O5/c1-31-10-9-24-46(4)41(39-22-14-32(26-37(50)19-13-31)27-40(39)43(51)33-16-20-38(54-5)21-17-33)23-25-47(46,53)30-49(44(52)48-36-11-7-6-8-12-36)29-34-15-18-35-28-42(34)45(35,2)3/h6-8,10-12,14,16-17,20-22,27,34-35,37,41-42,50,53H,9,13,15,18-19,23-26,28-30H2,1-5H3,(H,48,52)/t34-,35-,37-,41-,42-,46-,47+/m0/s1. The maximum Gasteiger partial charge on any atom is 0.321 e. The monoisotopic (exact) mass is 732 g/mol. The third-order valence-corrected chi connectivity index (χ3v) is 14.5. The van der Waals surface area contributed by atoms with Gasteiger partial charge >= 0.3 is 6.03 Å². The van der Waals surface area contributed by atoms with Crippen LogP contribution in [0.15, 0.2) is 84.4 Å². The predicted molar refractivity (Wildman–Crippen MR) is 215 cm³/mol. The molecule has 3 aromatic rings.